The Bertz CT molecular complexity index is 960. The van der Waals surface area contributed by atoms with E-state index in [9.17, 15) is 23.1 Å². The van der Waals surface area contributed by atoms with E-state index in [0.29, 0.717) is 21.9 Å². The molecule has 0 radical (unpaired) electrons. The lowest BCUT2D eigenvalue weighted by Gasteiger charge is -2.10. The fourth-order valence-electron chi connectivity index (χ4n) is 2.71. The fourth-order valence-corrected chi connectivity index (χ4v) is 2.71. The molecule has 0 aliphatic carbocycles. The van der Waals surface area contributed by atoms with Gasteiger partial charge >= 0.3 is 12.1 Å². The summed E-state index contributed by atoms with van der Waals surface area (Å²) < 4.78 is 43.0. The zero-order chi connectivity index (χ0) is 18.9. The molecule has 3 aromatic rings. The van der Waals surface area contributed by atoms with Crippen LogP contribution in [0.4, 0.5) is 13.2 Å². The Morgan fingerprint density at radius 3 is 2.27 bits per heavy atom. The number of hydrogen-bond donors (Lipinski definition) is 1. The Morgan fingerprint density at radius 1 is 1.00 bits per heavy atom. The maximum atomic E-state index is 12.7. The molecular formula is C20H15F3O3. The maximum absolute atomic E-state index is 12.7. The van der Waals surface area contributed by atoms with E-state index in [1.807, 2.05) is 0 Å². The summed E-state index contributed by atoms with van der Waals surface area (Å²) in [4.78, 5) is 11.9. The Morgan fingerprint density at radius 2 is 1.65 bits per heavy atom. The van der Waals surface area contributed by atoms with Gasteiger partial charge in [0.25, 0.3) is 0 Å². The topological polar surface area (TPSA) is 46.5 Å². The Balaban J connectivity index is 2.04. The fraction of sp³-hybridized carbons (Fsp3) is 0.150. The molecule has 0 bridgehead atoms. The van der Waals surface area contributed by atoms with Crippen LogP contribution in [-0.2, 0) is 10.9 Å². The van der Waals surface area contributed by atoms with Crippen LogP contribution in [0.5, 0.6) is 5.75 Å². The normalized spacial score (nSPS) is 11.5. The van der Waals surface area contributed by atoms with E-state index in [0.717, 1.165) is 12.1 Å². The number of carbonyl (C=O) groups excluding carboxylic acids is 1. The van der Waals surface area contributed by atoms with Crippen LogP contribution in [0, 0.1) is 0 Å². The summed E-state index contributed by atoms with van der Waals surface area (Å²) in [5, 5.41) is 11.2. The highest BCUT2D eigenvalue weighted by molar-refractivity contribution is 5.99. The molecule has 0 aromatic heterocycles. The van der Waals surface area contributed by atoms with Gasteiger partial charge in [0.1, 0.15) is 5.75 Å². The third-order valence-corrected chi connectivity index (χ3v) is 3.99. The molecule has 0 unspecified atom stereocenters. The monoisotopic (exact) mass is 360 g/mol. The van der Waals surface area contributed by atoms with Crippen LogP contribution in [0.2, 0.25) is 0 Å². The van der Waals surface area contributed by atoms with Gasteiger partial charge in [-0.1, -0.05) is 24.3 Å². The van der Waals surface area contributed by atoms with Gasteiger partial charge in [-0.2, -0.15) is 13.2 Å². The molecule has 0 spiro atoms. The van der Waals surface area contributed by atoms with Crippen molar-refractivity contribution in [3.05, 3.63) is 65.7 Å². The molecule has 0 fully saturated rings. The predicted octanol–water partition coefficient (Wildman–Crippen LogP) is 5.41. The number of phenols is 1. The molecule has 0 saturated heterocycles. The highest BCUT2D eigenvalue weighted by Gasteiger charge is 2.29. The highest BCUT2D eigenvalue weighted by atomic mass is 19.4. The van der Waals surface area contributed by atoms with Crippen LogP contribution in [-0.4, -0.2) is 17.7 Å². The molecule has 0 saturated carbocycles. The molecule has 134 valence electrons. The molecule has 0 atom stereocenters. The van der Waals surface area contributed by atoms with Crippen molar-refractivity contribution in [2.45, 2.75) is 13.1 Å². The molecular weight excluding hydrogens is 345 g/mol. The first kappa shape index (κ1) is 17.8. The summed E-state index contributed by atoms with van der Waals surface area (Å²) in [6, 6.07) is 12.8. The third-order valence-electron chi connectivity index (χ3n) is 3.99. The first-order chi connectivity index (χ1) is 12.3. The summed E-state index contributed by atoms with van der Waals surface area (Å²) in [7, 11) is 0. The number of ether oxygens (including phenoxy) is 1. The van der Waals surface area contributed by atoms with Gasteiger partial charge in [0.15, 0.2) is 0 Å². The van der Waals surface area contributed by atoms with E-state index in [1.54, 1.807) is 31.2 Å². The van der Waals surface area contributed by atoms with Crippen molar-refractivity contribution in [3.63, 3.8) is 0 Å². The summed E-state index contributed by atoms with van der Waals surface area (Å²) >= 11 is 0. The van der Waals surface area contributed by atoms with Gasteiger partial charge in [-0.05, 0) is 53.8 Å². The van der Waals surface area contributed by atoms with Crippen LogP contribution in [0.1, 0.15) is 22.8 Å². The summed E-state index contributed by atoms with van der Waals surface area (Å²) in [5.41, 5.74) is 0.762. The minimum atomic E-state index is -4.39. The van der Waals surface area contributed by atoms with E-state index in [4.69, 9.17) is 4.74 Å². The molecule has 3 nitrogen and oxygen atoms in total. The van der Waals surface area contributed by atoms with Gasteiger partial charge in [-0.25, -0.2) is 4.79 Å². The van der Waals surface area contributed by atoms with Gasteiger partial charge in [0.2, 0.25) is 0 Å². The number of benzene rings is 3. The zero-order valence-corrected chi connectivity index (χ0v) is 13.8. The minimum absolute atomic E-state index is 0.0653. The van der Waals surface area contributed by atoms with Crippen molar-refractivity contribution in [2.75, 3.05) is 6.61 Å². The quantitative estimate of drug-likeness (QED) is 0.636. The van der Waals surface area contributed by atoms with Crippen LogP contribution in [0.3, 0.4) is 0 Å². The number of alkyl halides is 3. The molecule has 6 heteroatoms. The van der Waals surface area contributed by atoms with Crippen molar-refractivity contribution in [1.82, 2.24) is 0 Å². The maximum Gasteiger partial charge on any atom is 0.416 e. The summed E-state index contributed by atoms with van der Waals surface area (Å²) in [5.74, 6) is -0.617. The number of hydrogen-bond acceptors (Lipinski definition) is 3. The average molecular weight is 360 g/mol. The molecule has 3 rings (SSSR count). The van der Waals surface area contributed by atoms with Crippen molar-refractivity contribution in [3.8, 4) is 16.9 Å². The minimum Gasteiger partial charge on any atom is -0.507 e. The van der Waals surface area contributed by atoms with E-state index < -0.39 is 17.7 Å². The molecule has 3 aromatic carbocycles. The van der Waals surface area contributed by atoms with Crippen molar-refractivity contribution >= 4 is 16.7 Å². The predicted molar refractivity (Wildman–Crippen MR) is 92.0 cm³/mol. The first-order valence-electron chi connectivity index (χ1n) is 7.91. The molecule has 0 aliphatic rings. The number of carbonyl (C=O) groups is 1. The summed E-state index contributed by atoms with van der Waals surface area (Å²) in [6.45, 7) is 1.89. The SMILES string of the molecule is CCOC(=O)c1cc(O)c2ccc(-c3ccc(C(F)(F)F)cc3)cc2c1. The molecule has 0 amide bonds. The standard InChI is InChI=1S/C20H15F3O3/c1-2-26-19(25)15-10-14-9-13(5-8-17(14)18(24)11-15)12-3-6-16(7-4-12)20(21,22)23/h3-11,24H,2H2,1H3. The number of aromatic hydroxyl groups is 1. The molecule has 26 heavy (non-hydrogen) atoms. The largest absolute Gasteiger partial charge is 0.507 e. The number of esters is 1. The van der Waals surface area contributed by atoms with Crippen LogP contribution >= 0.6 is 0 Å². The van der Waals surface area contributed by atoms with Gasteiger partial charge in [-0.3, -0.25) is 0 Å². The number of fused-ring (bicyclic) bond motifs is 1. The Labute approximate surface area is 147 Å². The number of halogens is 3. The van der Waals surface area contributed by atoms with E-state index in [1.165, 1.54) is 18.2 Å². The van der Waals surface area contributed by atoms with Crippen molar-refractivity contribution in [2.24, 2.45) is 0 Å². The van der Waals surface area contributed by atoms with Crippen LogP contribution in [0.15, 0.2) is 54.6 Å². The third kappa shape index (κ3) is 3.49. The van der Waals surface area contributed by atoms with Gasteiger partial charge in [0, 0.05) is 5.39 Å². The van der Waals surface area contributed by atoms with Gasteiger partial charge in [-0.15, -0.1) is 0 Å². The number of rotatable bonds is 3. The zero-order valence-electron chi connectivity index (χ0n) is 13.8. The molecule has 0 aliphatic heterocycles. The van der Waals surface area contributed by atoms with Gasteiger partial charge < -0.3 is 9.84 Å². The molecule has 0 heterocycles. The van der Waals surface area contributed by atoms with Crippen LogP contribution in [0.25, 0.3) is 21.9 Å². The Kier molecular flexibility index (Phi) is 4.59. The van der Waals surface area contributed by atoms with Gasteiger partial charge in [0.05, 0.1) is 17.7 Å². The van der Waals surface area contributed by atoms with Crippen LogP contribution < -0.4 is 0 Å². The van der Waals surface area contributed by atoms with E-state index >= 15 is 0 Å². The average Bonchev–Trinajstić information content (AvgIpc) is 2.60. The lowest BCUT2D eigenvalue weighted by atomic mass is 9.98. The second-order valence-corrected chi connectivity index (χ2v) is 5.73. The van der Waals surface area contributed by atoms with E-state index in [-0.39, 0.29) is 17.9 Å². The second kappa shape index (κ2) is 6.71. The first-order valence-corrected chi connectivity index (χ1v) is 7.91. The lowest BCUT2D eigenvalue weighted by molar-refractivity contribution is -0.137. The lowest BCUT2D eigenvalue weighted by Crippen LogP contribution is -2.04. The number of phenolic OH excluding ortho intramolecular Hbond substituents is 1. The second-order valence-electron chi connectivity index (χ2n) is 5.73. The molecule has 1 N–H and O–H groups in total. The highest BCUT2D eigenvalue weighted by Crippen LogP contribution is 2.33. The van der Waals surface area contributed by atoms with Crippen molar-refractivity contribution < 1.29 is 27.8 Å². The van der Waals surface area contributed by atoms with E-state index in [2.05, 4.69) is 0 Å². The smallest absolute Gasteiger partial charge is 0.416 e. The Hall–Kier alpha value is -3.02. The summed E-state index contributed by atoms with van der Waals surface area (Å²) in [6.07, 6.45) is -4.39. The van der Waals surface area contributed by atoms with Crippen molar-refractivity contribution in [1.29, 1.82) is 0 Å².